The summed E-state index contributed by atoms with van der Waals surface area (Å²) in [6.45, 7) is -0.460. The third-order valence-corrected chi connectivity index (χ3v) is 8.94. The molecule has 0 rings (SSSR count). The van der Waals surface area contributed by atoms with Crippen molar-refractivity contribution in [3.05, 3.63) is 0 Å². The summed E-state index contributed by atoms with van der Waals surface area (Å²) in [5, 5.41) is 38.4. The van der Waals surface area contributed by atoms with Crippen LogP contribution in [0.5, 0.6) is 0 Å². The molecule has 0 bridgehead atoms. The van der Waals surface area contributed by atoms with Gasteiger partial charge in [0.25, 0.3) is 22.4 Å². The Morgan fingerprint density at radius 1 is 0.397 bits per heavy atom. The van der Waals surface area contributed by atoms with E-state index in [4.69, 9.17) is 0 Å². The molecule has 0 saturated carbocycles. The lowest BCUT2D eigenvalue weighted by molar-refractivity contribution is -0.391. The van der Waals surface area contributed by atoms with Gasteiger partial charge in [0.15, 0.2) is 5.41 Å². The van der Waals surface area contributed by atoms with Gasteiger partial charge in [-0.25, -0.2) is 0 Å². The van der Waals surface area contributed by atoms with E-state index in [0.717, 1.165) is 0 Å². The minimum atomic E-state index is -7.70. The van der Waals surface area contributed by atoms with Crippen molar-refractivity contribution in [2.24, 2.45) is 17.3 Å². The normalized spacial score (nSPS) is 17.0. The van der Waals surface area contributed by atoms with Crippen molar-refractivity contribution in [1.29, 1.82) is 0 Å². The molecule has 0 spiro atoms. The molecule has 0 heterocycles. The molecule has 0 amide bonds. The van der Waals surface area contributed by atoms with Gasteiger partial charge < -0.3 is 25.2 Å². The number of esters is 1. The van der Waals surface area contributed by atoms with Crippen molar-refractivity contribution in [2.45, 2.75) is 130 Å². The summed E-state index contributed by atoms with van der Waals surface area (Å²) in [6, 6.07) is 0. The van der Waals surface area contributed by atoms with Gasteiger partial charge in [0, 0.05) is 37.5 Å². The zero-order valence-corrected chi connectivity index (χ0v) is 27.6. The zero-order valence-electron chi connectivity index (χ0n) is 27.6. The maximum absolute atomic E-state index is 13.9. The topological polar surface area (TPSA) is 107 Å². The first-order valence-electron chi connectivity index (χ1n) is 14.4. The quantitative estimate of drug-likeness (QED) is 0.109. The largest absolute Gasteiger partial charge is 0.461 e. The number of hydrogen-bond acceptors (Lipinski definition) is 6. The van der Waals surface area contributed by atoms with Crippen LogP contribution in [0.4, 0.5) is 119 Å². The van der Waals surface area contributed by atoms with E-state index in [1.54, 1.807) is 0 Å². The molecule has 0 aliphatic carbocycles. The van der Waals surface area contributed by atoms with Crippen LogP contribution in [0.3, 0.4) is 0 Å². The third kappa shape index (κ3) is 10.3. The van der Waals surface area contributed by atoms with Crippen LogP contribution in [-0.4, -0.2) is 110 Å². The number of halogens is 27. The molecule has 0 aromatic rings. The average Bonchev–Trinajstić information content (AvgIpc) is 2.93. The van der Waals surface area contributed by atoms with E-state index >= 15 is 0 Å². The minimum Gasteiger partial charge on any atom is -0.461 e. The maximum atomic E-state index is 13.9. The van der Waals surface area contributed by atoms with Crippen molar-refractivity contribution in [2.75, 3.05) is 0 Å². The average molecular weight is 932 g/mol. The number of alkyl halides is 27. The van der Waals surface area contributed by atoms with Crippen molar-refractivity contribution in [1.82, 2.24) is 0 Å². The molecule has 1 atom stereocenters. The van der Waals surface area contributed by atoms with Crippen molar-refractivity contribution >= 4 is 5.97 Å². The van der Waals surface area contributed by atoms with E-state index in [1.165, 1.54) is 0 Å². The molecule has 6 nitrogen and oxygen atoms in total. The molecule has 4 N–H and O–H groups in total. The van der Waals surface area contributed by atoms with Gasteiger partial charge in [0.1, 0.15) is 6.10 Å². The lowest BCUT2D eigenvalue weighted by Crippen LogP contribution is -2.65. The Labute approximate surface area is 302 Å². The smallest absolute Gasteiger partial charge is 0.426 e. The Morgan fingerprint density at radius 2 is 0.569 bits per heavy atom. The molecule has 0 aromatic carbocycles. The third-order valence-electron chi connectivity index (χ3n) is 8.94. The Hall–Kier alpha value is -2.58. The van der Waals surface area contributed by atoms with E-state index in [1.807, 2.05) is 0 Å². The highest BCUT2D eigenvalue weighted by atomic mass is 19.5. The standard InChI is InChI=1S/C25H23F27O6/c1-3-12(2,17(26,27)28)11(53)58-10(8(4-13(54,18(29,30)31)19(32,33)34)5-14(55,20(35,36)37)21(38,39)40)9(6-15(56,22(41,42)43)23(44,45)46)7-16(57,24(47,48)49)25(50,51)52/h8-10,54-57H,3-7H2,1-2H3. The van der Waals surface area contributed by atoms with Gasteiger partial charge in [-0.3, -0.25) is 4.79 Å². The molecule has 1 unspecified atom stereocenters. The molecular weight excluding hydrogens is 909 g/mol. The van der Waals surface area contributed by atoms with Gasteiger partial charge in [-0.05, 0) is 13.3 Å². The zero-order chi connectivity index (χ0) is 47.6. The first-order chi connectivity index (χ1) is 24.7. The second-order valence-corrected chi connectivity index (χ2v) is 12.8. The number of carbonyl (C=O) groups is 1. The summed E-state index contributed by atoms with van der Waals surface area (Å²) in [7, 11) is 0. The van der Waals surface area contributed by atoms with Gasteiger partial charge in [-0.15, -0.1) is 0 Å². The van der Waals surface area contributed by atoms with E-state index in [9.17, 15) is 144 Å². The Bertz CT molecular complexity index is 1170. The second-order valence-electron chi connectivity index (χ2n) is 12.8. The first kappa shape index (κ1) is 55.4. The van der Waals surface area contributed by atoms with Crippen LogP contribution in [0, 0.1) is 17.3 Å². The molecule has 0 aromatic heterocycles. The molecule has 0 fully saturated rings. The Kier molecular flexibility index (Phi) is 15.0. The summed E-state index contributed by atoms with van der Waals surface area (Å²) >= 11 is 0. The lowest BCUT2D eigenvalue weighted by atomic mass is 9.70. The highest BCUT2D eigenvalue weighted by molar-refractivity contribution is 5.77. The van der Waals surface area contributed by atoms with E-state index in [0.29, 0.717) is 0 Å². The van der Waals surface area contributed by atoms with Crippen LogP contribution >= 0.6 is 0 Å². The van der Waals surface area contributed by atoms with Crippen LogP contribution in [0.2, 0.25) is 0 Å². The number of hydrogen-bond donors (Lipinski definition) is 4. The lowest BCUT2D eigenvalue weighted by Gasteiger charge is -2.46. The highest BCUT2D eigenvalue weighted by Gasteiger charge is 2.78. The number of ether oxygens (including phenoxy) is 1. The molecular formula is C25H23F27O6. The fourth-order valence-corrected chi connectivity index (χ4v) is 4.99. The van der Waals surface area contributed by atoms with Gasteiger partial charge in [0.2, 0.25) is 0 Å². The molecule has 0 saturated heterocycles. The van der Waals surface area contributed by atoms with Gasteiger partial charge in [0.05, 0.1) is 0 Å². The van der Waals surface area contributed by atoms with Crippen molar-refractivity contribution in [3.8, 4) is 0 Å². The van der Waals surface area contributed by atoms with Crippen LogP contribution in [0.15, 0.2) is 0 Å². The summed E-state index contributed by atoms with van der Waals surface area (Å²) in [5.74, 6) is -14.3. The fraction of sp³-hybridized carbons (Fsp3) is 0.960. The molecule has 0 aliphatic rings. The minimum absolute atomic E-state index is 0.120. The second kappa shape index (κ2) is 15.7. The number of aliphatic hydroxyl groups is 4. The first-order valence-corrected chi connectivity index (χ1v) is 14.4. The summed E-state index contributed by atoms with van der Waals surface area (Å²) in [6.07, 6.45) is -93.2. The molecule has 0 radical (unpaired) electrons. The van der Waals surface area contributed by atoms with Gasteiger partial charge in [-0.1, -0.05) is 6.92 Å². The molecule has 348 valence electrons. The van der Waals surface area contributed by atoms with Crippen molar-refractivity contribution in [3.63, 3.8) is 0 Å². The van der Waals surface area contributed by atoms with Crippen LogP contribution < -0.4 is 0 Å². The van der Waals surface area contributed by atoms with Crippen molar-refractivity contribution < 1.29 is 148 Å². The van der Waals surface area contributed by atoms with Gasteiger partial charge >= 0.3 is 61.6 Å². The van der Waals surface area contributed by atoms with E-state index in [-0.39, 0.29) is 6.92 Å². The molecule has 0 aliphatic heterocycles. The monoisotopic (exact) mass is 932 g/mol. The number of carbonyl (C=O) groups excluding carboxylic acids is 1. The van der Waals surface area contributed by atoms with Crippen LogP contribution in [-0.2, 0) is 9.53 Å². The number of rotatable bonds is 13. The van der Waals surface area contributed by atoms with Crippen LogP contribution in [0.25, 0.3) is 0 Å². The molecule has 58 heavy (non-hydrogen) atoms. The summed E-state index contributed by atoms with van der Waals surface area (Å²) < 4.78 is 375. The van der Waals surface area contributed by atoms with E-state index in [2.05, 4.69) is 4.74 Å². The Morgan fingerprint density at radius 3 is 0.690 bits per heavy atom. The predicted molar refractivity (Wildman–Crippen MR) is 128 cm³/mol. The summed E-state index contributed by atoms with van der Waals surface area (Å²) in [5.41, 5.74) is -33.3. The Balaban J connectivity index is 9.39. The van der Waals surface area contributed by atoms with Crippen LogP contribution in [0.1, 0.15) is 46.0 Å². The highest BCUT2D eigenvalue weighted by Crippen LogP contribution is 2.57. The fourth-order valence-electron chi connectivity index (χ4n) is 4.99. The SMILES string of the molecule is CCC(C)(C(=O)OC(C(CC(O)(C(F)(F)F)C(F)(F)F)CC(O)(C(F)(F)F)C(F)(F)F)C(CC(O)(C(F)(F)F)C(F)(F)F)CC(O)(C(F)(F)F)C(F)(F)F)C(F)(F)F. The molecule has 33 heteroatoms. The summed E-state index contributed by atoms with van der Waals surface area (Å²) in [4.78, 5) is 12.8. The maximum Gasteiger partial charge on any atom is 0.426 e. The van der Waals surface area contributed by atoms with Gasteiger partial charge in [-0.2, -0.15) is 119 Å². The predicted octanol–water partition coefficient (Wildman–Crippen LogP) is 9.09. The van der Waals surface area contributed by atoms with E-state index < -0.39 is 146 Å².